The third kappa shape index (κ3) is 5.52. The third-order valence-electron chi connectivity index (χ3n) is 4.56. The van der Waals surface area contributed by atoms with Crippen molar-refractivity contribution in [2.24, 2.45) is 0 Å². The molecule has 2 amide bonds. The number of piperidine rings is 1. The predicted molar refractivity (Wildman–Crippen MR) is 103 cm³/mol. The van der Waals surface area contributed by atoms with Crippen LogP contribution in [0.1, 0.15) is 23.2 Å². The number of carbonyl (C=O) groups excluding carboxylic acids is 2. The molecule has 7 nitrogen and oxygen atoms in total. The van der Waals surface area contributed by atoms with E-state index in [0.717, 1.165) is 31.6 Å². The van der Waals surface area contributed by atoms with Gasteiger partial charge in [0.05, 0.1) is 19.2 Å². The standard InChI is InChI=1S/C20H24N4O3/c1-27-19-8-7-15(13-21-19)20(26)23-17-9-11-24(12-10-17)14-18(25)22-16-5-3-2-4-6-16/h2-8,13,17H,9-12,14H2,1H3,(H,22,25)(H,23,26). The molecule has 0 saturated carbocycles. The minimum Gasteiger partial charge on any atom is -0.481 e. The number of nitrogens with zero attached hydrogens (tertiary/aromatic N) is 2. The van der Waals surface area contributed by atoms with Crippen molar-refractivity contribution >= 4 is 17.5 Å². The fourth-order valence-electron chi connectivity index (χ4n) is 3.06. The van der Waals surface area contributed by atoms with E-state index in [-0.39, 0.29) is 17.9 Å². The first-order valence-corrected chi connectivity index (χ1v) is 9.02. The normalized spacial score (nSPS) is 15.1. The second-order valence-corrected chi connectivity index (χ2v) is 6.53. The van der Waals surface area contributed by atoms with Crippen molar-refractivity contribution in [1.29, 1.82) is 0 Å². The van der Waals surface area contributed by atoms with E-state index in [4.69, 9.17) is 4.74 Å². The van der Waals surface area contributed by atoms with Gasteiger partial charge in [0, 0.05) is 37.1 Å². The lowest BCUT2D eigenvalue weighted by atomic mass is 10.0. The molecule has 0 aliphatic carbocycles. The molecule has 2 aromatic rings. The highest BCUT2D eigenvalue weighted by Crippen LogP contribution is 2.13. The molecule has 1 aliphatic rings. The summed E-state index contributed by atoms with van der Waals surface area (Å²) in [5.41, 5.74) is 1.32. The van der Waals surface area contributed by atoms with Gasteiger partial charge in [-0.15, -0.1) is 0 Å². The molecule has 1 fully saturated rings. The van der Waals surface area contributed by atoms with E-state index in [1.807, 2.05) is 30.3 Å². The fourth-order valence-corrected chi connectivity index (χ4v) is 3.06. The van der Waals surface area contributed by atoms with Gasteiger partial charge in [-0.1, -0.05) is 18.2 Å². The molecule has 2 N–H and O–H groups in total. The van der Waals surface area contributed by atoms with Gasteiger partial charge in [-0.25, -0.2) is 4.98 Å². The molecular formula is C20H24N4O3. The number of ether oxygens (including phenoxy) is 1. The van der Waals surface area contributed by atoms with Crippen LogP contribution in [-0.4, -0.2) is 54.5 Å². The van der Waals surface area contributed by atoms with E-state index >= 15 is 0 Å². The lowest BCUT2D eigenvalue weighted by molar-refractivity contribution is -0.117. The van der Waals surface area contributed by atoms with Gasteiger partial charge in [0.15, 0.2) is 0 Å². The average Bonchev–Trinajstić information content (AvgIpc) is 2.70. The Kier molecular flexibility index (Phi) is 6.38. The summed E-state index contributed by atoms with van der Waals surface area (Å²) in [7, 11) is 1.54. The highest BCUT2D eigenvalue weighted by atomic mass is 16.5. The summed E-state index contributed by atoms with van der Waals surface area (Å²) in [5.74, 6) is 0.326. The number of carbonyl (C=O) groups is 2. The summed E-state index contributed by atoms with van der Waals surface area (Å²) in [6.07, 6.45) is 3.14. The van der Waals surface area contributed by atoms with Crippen LogP contribution in [0.4, 0.5) is 5.69 Å². The van der Waals surface area contributed by atoms with Crippen molar-refractivity contribution in [1.82, 2.24) is 15.2 Å². The summed E-state index contributed by atoms with van der Waals surface area (Å²) in [5, 5.41) is 5.94. The van der Waals surface area contributed by atoms with Gasteiger partial charge in [-0.2, -0.15) is 0 Å². The Morgan fingerprint density at radius 3 is 2.52 bits per heavy atom. The molecule has 1 aromatic heterocycles. The van der Waals surface area contributed by atoms with E-state index in [2.05, 4.69) is 20.5 Å². The van der Waals surface area contributed by atoms with Gasteiger partial charge in [0.2, 0.25) is 11.8 Å². The second kappa shape index (κ2) is 9.14. The molecule has 0 spiro atoms. The molecule has 142 valence electrons. The quantitative estimate of drug-likeness (QED) is 0.814. The number of pyridine rings is 1. The zero-order valence-electron chi connectivity index (χ0n) is 15.4. The summed E-state index contributed by atoms with van der Waals surface area (Å²) in [4.78, 5) is 30.6. The van der Waals surface area contributed by atoms with E-state index in [1.54, 1.807) is 12.1 Å². The van der Waals surface area contributed by atoms with Gasteiger partial charge < -0.3 is 15.4 Å². The number of hydrogen-bond acceptors (Lipinski definition) is 5. The molecule has 1 aliphatic heterocycles. The van der Waals surface area contributed by atoms with Crippen LogP contribution < -0.4 is 15.4 Å². The van der Waals surface area contributed by atoms with Crippen LogP contribution in [0.25, 0.3) is 0 Å². The van der Waals surface area contributed by atoms with Crippen molar-refractivity contribution < 1.29 is 14.3 Å². The molecule has 3 rings (SSSR count). The molecule has 0 atom stereocenters. The monoisotopic (exact) mass is 368 g/mol. The highest BCUT2D eigenvalue weighted by Gasteiger charge is 2.22. The Morgan fingerprint density at radius 1 is 1.15 bits per heavy atom. The van der Waals surface area contributed by atoms with Crippen LogP contribution in [0.2, 0.25) is 0 Å². The zero-order chi connectivity index (χ0) is 19.1. The average molecular weight is 368 g/mol. The van der Waals surface area contributed by atoms with Crippen molar-refractivity contribution in [3.8, 4) is 5.88 Å². The van der Waals surface area contributed by atoms with Gasteiger partial charge >= 0.3 is 0 Å². The Balaban J connectivity index is 1.41. The van der Waals surface area contributed by atoms with E-state index in [1.165, 1.54) is 13.3 Å². The fraction of sp³-hybridized carbons (Fsp3) is 0.350. The van der Waals surface area contributed by atoms with Crippen molar-refractivity contribution in [3.63, 3.8) is 0 Å². The molecule has 0 bridgehead atoms. The van der Waals surface area contributed by atoms with Gasteiger partial charge in [-0.05, 0) is 31.0 Å². The number of amides is 2. The van der Waals surface area contributed by atoms with E-state index in [0.29, 0.717) is 18.0 Å². The molecular weight excluding hydrogens is 344 g/mol. The predicted octanol–water partition coefficient (Wildman–Crippen LogP) is 1.92. The SMILES string of the molecule is COc1ccc(C(=O)NC2CCN(CC(=O)Nc3ccccc3)CC2)cn1. The number of nitrogens with one attached hydrogen (secondary N) is 2. The van der Waals surface area contributed by atoms with Gasteiger partial charge in [-0.3, -0.25) is 14.5 Å². The first-order valence-electron chi connectivity index (χ1n) is 9.02. The second-order valence-electron chi connectivity index (χ2n) is 6.53. The first-order chi connectivity index (χ1) is 13.1. The summed E-state index contributed by atoms with van der Waals surface area (Å²) in [6, 6.07) is 12.9. The Labute approximate surface area is 158 Å². The largest absolute Gasteiger partial charge is 0.481 e. The molecule has 27 heavy (non-hydrogen) atoms. The van der Waals surface area contributed by atoms with Crippen molar-refractivity contribution in [3.05, 3.63) is 54.2 Å². The number of aromatic nitrogens is 1. The molecule has 1 saturated heterocycles. The van der Waals surface area contributed by atoms with Gasteiger partial charge in [0.1, 0.15) is 0 Å². The Bertz CT molecular complexity index is 757. The summed E-state index contributed by atoms with van der Waals surface area (Å²) >= 11 is 0. The number of benzene rings is 1. The molecule has 2 heterocycles. The highest BCUT2D eigenvalue weighted by molar-refractivity contribution is 5.94. The van der Waals surface area contributed by atoms with Crippen LogP contribution >= 0.6 is 0 Å². The lowest BCUT2D eigenvalue weighted by Gasteiger charge is -2.31. The Morgan fingerprint density at radius 2 is 1.89 bits per heavy atom. The molecule has 1 aromatic carbocycles. The number of para-hydroxylation sites is 1. The van der Waals surface area contributed by atoms with E-state index < -0.39 is 0 Å². The number of likely N-dealkylation sites (tertiary alicyclic amines) is 1. The number of methoxy groups -OCH3 is 1. The maximum atomic E-state index is 12.3. The van der Waals surface area contributed by atoms with Crippen molar-refractivity contribution in [2.75, 3.05) is 32.1 Å². The maximum Gasteiger partial charge on any atom is 0.253 e. The minimum absolute atomic E-state index is 0.0204. The maximum absolute atomic E-state index is 12.3. The summed E-state index contributed by atoms with van der Waals surface area (Å²) < 4.78 is 5.00. The topological polar surface area (TPSA) is 83.6 Å². The Hall–Kier alpha value is -2.93. The lowest BCUT2D eigenvalue weighted by Crippen LogP contribution is -2.46. The van der Waals surface area contributed by atoms with E-state index in [9.17, 15) is 9.59 Å². The molecule has 0 radical (unpaired) electrons. The number of rotatable bonds is 6. The smallest absolute Gasteiger partial charge is 0.253 e. The summed E-state index contributed by atoms with van der Waals surface area (Å²) in [6.45, 7) is 1.90. The number of hydrogen-bond donors (Lipinski definition) is 2. The molecule has 7 heteroatoms. The van der Waals surface area contributed by atoms with Crippen LogP contribution in [0, 0.1) is 0 Å². The van der Waals surface area contributed by atoms with Crippen LogP contribution in [0.15, 0.2) is 48.7 Å². The molecule has 0 unspecified atom stereocenters. The first kappa shape index (κ1) is 18.8. The van der Waals surface area contributed by atoms with Gasteiger partial charge in [0.25, 0.3) is 5.91 Å². The zero-order valence-corrected chi connectivity index (χ0v) is 15.4. The van der Waals surface area contributed by atoms with Crippen LogP contribution in [0.3, 0.4) is 0 Å². The minimum atomic E-state index is -0.134. The van der Waals surface area contributed by atoms with Crippen molar-refractivity contribution in [2.45, 2.75) is 18.9 Å². The van der Waals surface area contributed by atoms with Crippen LogP contribution in [-0.2, 0) is 4.79 Å². The van der Waals surface area contributed by atoms with Crippen LogP contribution in [0.5, 0.6) is 5.88 Å². The third-order valence-corrected chi connectivity index (χ3v) is 4.56. The number of anilines is 1.